The van der Waals surface area contributed by atoms with E-state index in [9.17, 15) is 4.79 Å². The molecule has 6 heteroatoms. The predicted octanol–water partition coefficient (Wildman–Crippen LogP) is 2.97. The fourth-order valence-corrected chi connectivity index (χ4v) is 3.26. The van der Waals surface area contributed by atoms with Crippen LogP contribution in [0.3, 0.4) is 0 Å². The Kier molecular flexibility index (Phi) is 6.96. The molecule has 0 saturated carbocycles. The minimum atomic E-state index is 0.0405. The molecule has 2 aromatic rings. The lowest BCUT2D eigenvalue weighted by Crippen LogP contribution is -2.49. The van der Waals surface area contributed by atoms with Gasteiger partial charge in [0.25, 0.3) is 0 Å². The van der Waals surface area contributed by atoms with Crippen molar-refractivity contribution in [2.24, 2.45) is 0 Å². The molecule has 0 spiro atoms. The maximum absolute atomic E-state index is 12.1. The molecule has 0 aliphatic carbocycles. The first kappa shape index (κ1) is 19.5. The van der Waals surface area contributed by atoms with Gasteiger partial charge in [-0.25, -0.2) is 0 Å². The molecule has 1 saturated heterocycles. The Morgan fingerprint density at radius 3 is 2.56 bits per heavy atom. The van der Waals surface area contributed by atoms with Crippen molar-refractivity contribution in [2.45, 2.75) is 6.92 Å². The summed E-state index contributed by atoms with van der Waals surface area (Å²) in [4.78, 5) is 16.7. The predicted molar refractivity (Wildman–Crippen MR) is 110 cm³/mol. The van der Waals surface area contributed by atoms with Crippen molar-refractivity contribution in [2.75, 3.05) is 50.8 Å². The molecule has 0 unspecified atom stereocenters. The van der Waals surface area contributed by atoms with Crippen molar-refractivity contribution in [3.8, 4) is 5.75 Å². The Morgan fingerprint density at radius 2 is 1.85 bits per heavy atom. The summed E-state index contributed by atoms with van der Waals surface area (Å²) >= 11 is 5.84. The number of halogens is 1. The average Bonchev–Trinajstić information content (AvgIpc) is 2.67. The monoisotopic (exact) mass is 387 g/mol. The fraction of sp³-hybridized carbons (Fsp3) is 0.381. The van der Waals surface area contributed by atoms with E-state index >= 15 is 0 Å². The number of carbonyl (C=O) groups is 1. The maximum atomic E-state index is 12.1. The van der Waals surface area contributed by atoms with E-state index < -0.39 is 0 Å². The zero-order valence-electron chi connectivity index (χ0n) is 15.7. The number of benzene rings is 2. The number of ether oxygens (including phenoxy) is 1. The number of amides is 1. The van der Waals surface area contributed by atoms with Crippen molar-refractivity contribution in [1.29, 1.82) is 0 Å². The van der Waals surface area contributed by atoms with Gasteiger partial charge < -0.3 is 15.0 Å². The highest BCUT2D eigenvalue weighted by atomic mass is 35.5. The van der Waals surface area contributed by atoms with Crippen LogP contribution >= 0.6 is 11.6 Å². The Labute approximate surface area is 165 Å². The molecule has 1 aliphatic heterocycles. The van der Waals surface area contributed by atoms with E-state index in [-0.39, 0.29) is 5.91 Å². The first-order valence-corrected chi connectivity index (χ1v) is 9.67. The van der Waals surface area contributed by atoms with E-state index in [4.69, 9.17) is 16.3 Å². The van der Waals surface area contributed by atoms with Crippen LogP contribution in [-0.4, -0.2) is 56.7 Å². The lowest BCUT2D eigenvalue weighted by Gasteiger charge is -2.35. The van der Waals surface area contributed by atoms with Gasteiger partial charge in [0.1, 0.15) is 12.4 Å². The Balaban J connectivity index is 1.33. The third kappa shape index (κ3) is 6.15. The third-order valence-corrected chi connectivity index (χ3v) is 4.86. The maximum Gasteiger partial charge on any atom is 0.234 e. The van der Waals surface area contributed by atoms with E-state index in [1.165, 1.54) is 11.3 Å². The van der Waals surface area contributed by atoms with Crippen LogP contribution in [0, 0.1) is 6.92 Å². The van der Waals surface area contributed by atoms with Gasteiger partial charge in [0.2, 0.25) is 5.91 Å². The Morgan fingerprint density at radius 1 is 1.11 bits per heavy atom. The van der Waals surface area contributed by atoms with Crippen LogP contribution in [0.5, 0.6) is 5.75 Å². The van der Waals surface area contributed by atoms with Gasteiger partial charge in [-0.2, -0.15) is 0 Å². The molecule has 0 aromatic heterocycles. The second-order valence-electron chi connectivity index (χ2n) is 6.75. The van der Waals surface area contributed by atoms with E-state index in [1.807, 2.05) is 12.1 Å². The van der Waals surface area contributed by atoms with Crippen LogP contribution in [0.2, 0.25) is 5.02 Å². The van der Waals surface area contributed by atoms with Gasteiger partial charge in [-0.3, -0.25) is 9.69 Å². The second-order valence-corrected chi connectivity index (χ2v) is 7.19. The van der Waals surface area contributed by atoms with Crippen molar-refractivity contribution in [3.05, 3.63) is 59.1 Å². The van der Waals surface area contributed by atoms with Crippen LogP contribution < -0.4 is 15.0 Å². The van der Waals surface area contributed by atoms with Gasteiger partial charge in [0.05, 0.1) is 13.1 Å². The normalized spacial score (nSPS) is 14.8. The third-order valence-electron chi connectivity index (χ3n) is 4.61. The summed E-state index contributed by atoms with van der Waals surface area (Å²) in [6, 6.07) is 15.8. The molecule has 27 heavy (non-hydrogen) atoms. The number of nitrogens with one attached hydrogen (secondary N) is 1. The van der Waals surface area contributed by atoms with Crippen LogP contribution in [0.1, 0.15) is 5.56 Å². The largest absolute Gasteiger partial charge is 0.492 e. The molecule has 0 radical (unpaired) electrons. The summed E-state index contributed by atoms with van der Waals surface area (Å²) in [6.45, 7) is 7.14. The Hall–Kier alpha value is -2.24. The van der Waals surface area contributed by atoms with Gasteiger partial charge in [-0.05, 0) is 48.9 Å². The van der Waals surface area contributed by atoms with Crippen molar-refractivity contribution in [1.82, 2.24) is 10.2 Å². The van der Waals surface area contributed by atoms with Crippen molar-refractivity contribution >= 4 is 23.2 Å². The van der Waals surface area contributed by atoms with E-state index in [0.29, 0.717) is 24.7 Å². The smallest absolute Gasteiger partial charge is 0.234 e. The van der Waals surface area contributed by atoms with E-state index in [0.717, 1.165) is 31.9 Å². The number of hydrogen-bond donors (Lipinski definition) is 1. The van der Waals surface area contributed by atoms with Crippen LogP contribution in [0.4, 0.5) is 5.69 Å². The molecular weight excluding hydrogens is 362 g/mol. The molecule has 0 bridgehead atoms. The lowest BCUT2D eigenvalue weighted by atomic mass is 10.2. The molecular formula is C21H26ClN3O2. The topological polar surface area (TPSA) is 44.8 Å². The van der Waals surface area contributed by atoms with E-state index in [2.05, 4.69) is 46.3 Å². The number of hydrogen-bond acceptors (Lipinski definition) is 4. The number of piperazine rings is 1. The highest BCUT2D eigenvalue weighted by molar-refractivity contribution is 6.30. The minimum absolute atomic E-state index is 0.0405. The molecule has 1 aliphatic rings. The highest BCUT2D eigenvalue weighted by Gasteiger charge is 2.19. The number of rotatable bonds is 7. The lowest BCUT2D eigenvalue weighted by molar-refractivity contribution is -0.122. The van der Waals surface area contributed by atoms with Crippen LogP contribution in [0.15, 0.2) is 48.5 Å². The fourth-order valence-electron chi connectivity index (χ4n) is 3.14. The van der Waals surface area contributed by atoms with Crippen molar-refractivity contribution in [3.63, 3.8) is 0 Å². The summed E-state index contributed by atoms with van der Waals surface area (Å²) < 4.78 is 5.58. The minimum Gasteiger partial charge on any atom is -0.492 e. The summed E-state index contributed by atoms with van der Waals surface area (Å²) in [5.41, 5.74) is 2.54. The molecule has 1 amide bonds. The van der Waals surface area contributed by atoms with Crippen molar-refractivity contribution < 1.29 is 9.53 Å². The zero-order chi connectivity index (χ0) is 19.1. The summed E-state index contributed by atoms with van der Waals surface area (Å²) in [6.07, 6.45) is 0. The zero-order valence-corrected chi connectivity index (χ0v) is 16.4. The second kappa shape index (κ2) is 9.62. The first-order valence-electron chi connectivity index (χ1n) is 9.29. The van der Waals surface area contributed by atoms with Crippen LogP contribution in [0.25, 0.3) is 0 Å². The number of anilines is 1. The number of nitrogens with zero attached hydrogens (tertiary/aromatic N) is 2. The molecule has 0 atom stereocenters. The standard InChI is InChI=1S/C21H26ClN3O2/c1-17-3-2-4-19(15-17)25-12-10-24(11-13-25)16-21(26)23-9-14-27-20-7-5-18(22)6-8-20/h2-8,15H,9-14,16H2,1H3,(H,23,26). The first-order chi connectivity index (χ1) is 13.1. The molecule has 1 heterocycles. The molecule has 1 N–H and O–H groups in total. The molecule has 144 valence electrons. The highest BCUT2D eigenvalue weighted by Crippen LogP contribution is 2.17. The quantitative estimate of drug-likeness (QED) is 0.742. The summed E-state index contributed by atoms with van der Waals surface area (Å²) in [5.74, 6) is 0.791. The van der Waals surface area contributed by atoms with Gasteiger partial charge in [0.15, 0.2) is 0 Å². The molecule has 5 nitrogen and oxygen atoms in total. The molecule has 1 fully saturated rings. The average molecular weight is 388 g/mol. The summed E-state index contributed by atoms with van der Waals surface area (Å²) in [7, 11) is 0. The van der Waals surface area contributed by atoms with Gasteiger partial charge in [-0.1, -0.05) is 23.7 Å². The molecule has 2 aromatic carbocycles. The van der Waals surface area contributed by atoms with Gasteiger partial charge in [0, 0.05) is 36.9 Å². The van der Waals surface area contributed by atoms with Gasteiger partial charge >= 0.3 is 0 Å². The SMILES string of the molecule is Cc1cccc(N2CCN(CC(=O)NCCOc3ccc(Cl)cc3)CC2)c1. The molecule has 3 rings (SSSR count). The Bertz CT molecular complexity index is 743. The van der Waals surface area contributed by atoms with E-state index in [1.54, 1.807) is 12.1 Å². The van der Waals surface area contributed by atoms with Gasteiger partial charge in [-0.15, -0.1) is 0 Å². The summed E-state index contributed by atoms with van der Waals surface area (Å²) in [5, 5.41) is 3.60. The van der Waals surface area contributed by atoms with Crippen LogP contribution in [-0.2, 0) is 4.79 Å². The number of aryl methyl sites for hydroxylation is 1. The number of carbonyl (C=O) groups excluding carboxylic acids is 1.